The number of benzene rings is 1. The molecular weight excluding hydrogens is 639 g/mol. The highest BCUT2D eigenvalue weighted by Gasteiger charge is 2.29. The molecule has 6 heterocycles. The molecule has 1 unspecified atom stereocenters. The Kier molecular flexibility index (Phi) is 7.99. The van der Waals surface area contributed by atoms with Gasteiger partial charge in [0.2, 0.25) is 0 Å². The minimum absolute atomic E-state index is 0.0286. The molecule has 0 bridgehead atoms. The van der Waals surface area contributed by atoms with E-state index in [-0.39, 0.29) is 27.4 Å². The van der Waals surface area contributed by atoms with Crippen molar-refractivity contribution in [2.24, 2.45) is 0 Å². The van der Waals surface area contributed by atoms with Crippen LogP contribution in [0, 0.1) is 13.8 Å². The van der Waals surface area contributed by atoms with E-state index in [1.165, 1.54) is 15.9 Å². The van der Waals surface area contributed by atoms with Gasteiger partial charge >= 0.3 is 0 Å². The van der Waals surface area contributed by atoms with Gasteiger partial charge in [0.15, 0.2) is 27.1 Å². The number of hydrogen-bond donors (Lipinski definition) is 2. The normalized spacial score (nSPS) is 17.0. The van der Waals surface area contributed by atoms with Gasteiger partial charge in [-0.05, 0) is 51.3 Å². The van der Waals surface area contributed by atoms with Gasteiger partial charge in [-0.3, -0.25) is 9.25 Å². The molecule has 46 heavy (non-hydrogen) atoms. The Morgan fingerprint density at radius 3 is 2.57 bits per heavy atom. The smallest absolute Gasteiger partial charge is 0.295 e. The van der Waals surface area contributed by atoms with Crippen molar-refractivity contribution in [3.8, 4) is 10.6 Å². The Hall–Kier alpha value is -3.99. The third kappa shape index (κ3) is 5.85. The number of nitrogens with one attached hydrogen (secondary N) is 2. The number of imidazole rings is 1. The van der Waals surface area contributed by atoms with Crippen molar-refractivity contribution >= 4 is 55.3 Å². The fourth-order valence-electron chi connectivity index (χ4n) is 5.70. The molecule has 0 saturated carbocycles. The molecule has 1 fully saturated rings. The summed E-state index contributed by atoms with van der Waals surface area (Å²) < 4.78 is 69.8. The van der Waals surface area contributed by atoms with Crippen LogP contribution in [-0.2, 0) is 32.5 Å². The molecule has 0 amide bonds. The quantitative estimate of drug-likeness (QED) is 0.190. The topological polar surface area (TPSA) is 138 Å². The Labute approximate surface area is 267 Å². The van der Waals surface area contributed by atoms with E-state index < -0.39 is 28.3 Å². The fraction of sp³-hybridized carbons (Fsp3) is 0.400. The van der Waals surface area contributed by atoms with Crippen LogP contribution in [0.3, 0.4) is 0 Å². The van der Waals surface area contributed by atoms with Gasteiger partial charge in [0.25, 0.3) is 6.43 Å². The van der Waals surface area contributed by atoms with Crippen LogP contribution in [0.5, 0.6) is 0 Å². The van der Waals surface area contributed by atoms with Crippen LogP contribution in [0.1, 0.15) is 54.0 Å². The predicted molar refractivity (Wildman–Crippen MR) is 170 cm³/mol. The molecule has 1 saturated heterocycles. The molecule has 0 radical (unpaired) electrons. The lowest BCUT2D eigenvalue weighted by Gasteiger charge is -2.25. The number of anilines is 4. The van der Waals surface area contributed by atoms with Crippen molar-refractivity contribution in [2.45, 2.75) is 63.8 Å². The summed E-state index contributed by atoms with van der Waals surface area (Å²) in [5, 5.41) is 11.7. The lowest BCUT2D eigenvalue weighted by Crippen LogP contribution is -2.20. The molecule has 2 N–H and O–H groups in total. The predicted octanol–water partition coefficient (Wildman–Crippen LogP) is 6.43. The molecule has 7 rings (SSSR count). The summed E-state index contributed by atoms with van der Waals surface area (Å²) in [7, 11) is -3.74. The second kappa shape index (κ2) is 12.0. The highest BCUT2D eigenvalue weighted by atomic mass is 32.2. The highest BCUT2D eigenvalue weighted by Crippen LogP contribution is 2.39. The number of hydrogen-bond acceptors (Lipinski definition) is 11. The summed E-state index contributed by atoms with van der Waals surface area (Å²) in [4.78, 5) is 14.7. The van der Waals surface area contributed by atoms with Gasteiger partial charge in [-0.2, -0.15) is 5.10 Å². The standard InChI is InChI=1S/C30H32F2N8O4S2/c1-16-17(2)45-30(33-16)18-7-8-20(22(12-18)46(3,41)42)34-21-14-23(35-24-13-19-15-43-11-9-39(19)38-24)36-28-26(21)37-29(27(31)32)40(28)25-6-4-5-10-44-25/h7-8,12-14,25,27H,4-6,9-11,15H2,1-3H3,(H2,34,35,36,38). The second-order valence-electron chi connectivity index (χ2n) is 11.4. The maximum atomic E-state index is 14.5. The SMILES string of the molecule is Cc1nc(-c2ccc(Nc3cc(Nc4cc5n(n4)CCOC5)nc4c3nc(C(F)F)n4C3CCCCO3)c(S(C)(=O)=O)c2)sc1C. The Morgan fingerprint density at radius 1 is 1.02 bits per heavy atom. The minimum atomic E-state index is -3.74. The Bertz CT molecular complexity index is 2010. The number of sulfone groups is 1. The van der Waals surface area contributed by atoms with Crippen molar-refractivity contribution in [3.63, 3.8) is 0 Å². The van der Waals surface area contributed by atoms with E-state index in [4.69, 9.17) is 14.5 Å². The van der Waals surface area contributed by atoms with Gasteiger partial charge in [-0.1, -0.05) is 0 Å². The summed E-state index contributed by atoms with van der Waals surface area (Å²) in [5.41, 5.74) is 3.29. The fourth-order valence-corrected chi connectivity index (χ4v) is 7.47. The maximum Gasteiger partial charge on any atom is 0.295 e. The number of thiazole rings is 1. The lowest BCUT2D eigenvalue weighted by atomic mass is 10.2. The van der Waals surface area contributed by atoms with Crippen molar-refractivity contribution in [2.75, 3.05) is 30.1 Å². The second-order valence-corrected chi connectivity index (χ2v) is 14.6. The molecule has 5 aromatic rings. The van der Waals surface area contributed by atoms with Gasteiger partial charge in [0.1, 0.15) is 22.6 Å². The molecule has 0 aliphatic carbocycles. The van der Waals surface area contributed by atoms with Crippen LogP contribution in [0.4, 0.5) is 31.8 Å². The molecule has 1 atom stereocenters. The van der Waals surface area contributed by atoms with E-state index in [9.17, 15) is 17.2 Å². The number of pyridine rings is 1. The Balaban J connectivity index is 1.37. The number of ether oxygens (including phenoxy) is 2. The Morgan fingerprint density at radius 2 is 1.87 bits per heavy atom. The van der Waals surface area contributed by atoms with E-state index in [1.807, 2.05) is 24.6 Å². The molecular formula is C30H32F2N8O4S2. The lowest BCUT2D eigenvalue weighted by molar-refractivity contribution is -0.0363. The molecule has 242 valence electrons. The van der Waals surface area contributed by atoms with E-state index in [1.54, 1.807) is 24.3 Å². The van der Waals surface area contributed by atoms with Gasteiger partial charge in [0.05, 0.1) is 47.4 Å². The van der Waals surface area contributed by atoms with Crippen LogP contribution in [0.15, 0.2) is 35.2 Å². The summed E-state index contributed by atoms with van der Waals surface area (Å²) >= 11 is 1.48. The zero-order chi connectivity index (χ0) is 32.2. The molecule has 4 aromatic heterocycles. The first kappa shape index (κ1) is 30.7. The third-order valence-electron chi connectivity index (χ3n) is 8.06. The van der Waals surface area contributed by atoms with E-state index in [0.29, 0.717) is 55.0 Å². The first-order valence-electron chi connectivity index (χ1n) is 14.8. The van der Waals surface area contributed by atoms with E-state index in [2.05, 4.69) is 25.7 Å². The van der Waals surface area contributed by atoms with Crippen LogP contribution < -0.4 is 10.6 Å². The summed E-state index contributed by atoms with van der Waals surface area (Å²) in [5.74, 6) is 0.329. The molecule has 16 heteroatoms. The number of fused-ring (bicyclic) bond motifs is 2. The molecule has 2 aliphatic rings. The minimum Gasteiger partial charge on any atom is -0.373 e. The van der Waals surface area contributed by atoms with Crippen LogP contribution >= 0.6 is 11.3 Å². The van der Waals surface area contributed by atoms with Crippen molar-refractivity contribution in [1.29, 1.82) is 0 Å². The van der Waals surface area contributed by atoms with E-state index in [0.717, 1.165) is 35.4 Å². The first-order valence-corrected chi connectivity index (χ1v) is 17.6. The number of rotatable bonds is 8. The van der Waals surface area contributed by atoms with Gasteiger partial charge in [-0.25, -0.2) is 32.2 Å². The van der Waals surface area contributed by atoms with Crippen LogP contribution in [0.2, 0.25) is 0 Å². The number of nitrogens with zero attached hydrogens (tertiary/aromatic N) is 6. The highest BCUT2D eigenvalue weighted by molar-refractivity contribution is 7.90. The van der Waals surface area contributed by atoms with Crippen LogP contribution in [-0.4, -0.2) is 57.2 Å². The van der Waals surface area contributed by atoms with Gasteiger partial charge < -0.3 is 20.1 Å². The average Bonchev–Trinajstić information content (AvgIpc) is 3.72. The van der Waals surface area contributed by atoms with E-state index >= 15 is 0 Å². The zero-order valence-electron chi connectivity index (χ0n) is 25.4. The molecule has 0 spiro atoms. The van der Waals surface area contributed by atoms with Crippen molar-refractivity contribution in [3.05, 3.63) is 52.4 Å². The van der Waals surface area contributed by atoms with Crippen molar-refractivity contribution in [1.82, 2.24) is 29.3 Å². The monoisotopic (exact) mass is 670 g/mol. The average molecular weight is 671 g/mol. The number of aromatic nitrogens is 6. The first-order chi connectivity index (χ1) is 22.0. The summed E-state index contributed by atoms with van der Waals surface area (Å²) in [6, 6.07) is 8.45. The molecule has 1 aromatic carbocycles. The summed E-state index contributed by atoms with van der Waals surface area (Å²) in [6.07, 6.45) is -0.290. The number of alkyl halides is 2. The number of halogens is 2. The maximum absolute atomic E-state index is 14.5. The van der Waals surface area contributed by atoms with Gasteiger partial charge in [0, 0.05) is 35.4 Å². The van der Waals surface area contributed by atoms with Gasteiger partial charge in [-0.15, -0.1) is 11.3 Å². The summed E-state index contributed by atoms with van der Waals surface area (Å²) in [6.45, 7) is 5.86. The molecule has 2 aliphatic heterocycles. The zero-order valence-corrected chi connectivity index (χ0v) is 27.0. The largest absolute Gasteiger partial charge is 0.373 e. The third-order valence-corrected chi connectivity index (χ3v) is 10.3. The number of aryl methyl sites for hydroxylation is 2. The van der Waals surface area contributed by atoms with Crippen LogP contribution in [0.25, 0.3) is 21.7 Å². The van der Waals surface area contributed by atoms with Crippen molar-refractivity contribution < 1.29 is 26.7 Å². The molecule has 12 nitrogen and oxygen atoms in total.